The molecule has 33 heavy (non-hydrogen) atoms. The lowest BCUT2D eigenvalue weighted by Gasteiger charge is -2.23. The Morgan fingerprint density at radius 2 is 1.85 bits per heavy atom. The van der Waals surface area contributed by atoms with E-state index in [1.165, 1.54) is 36.8 Å². The van der Waals surface area contributed by atoms with Gasteiger partial charge in [-0.05, 0) is 69.5 Å². The van der Waals surface area contributed by atoms with Crippen molar-refractivity contribution >= 4 is 18.1 Å². The number of carbonyl (C=O) groups excluding carboxylic acids is 1. The maximum absolute atomic E-state index is 13.0. The molecule has 3 aliphatic rings. The van der Waals surface area contributed by atoms with Gasteiger partial charge in [0.05, 0.1) is 10.7 Å². The molecule has 1 aromatic heterocycles. The van der Waals surface area contributed by atoms with E-state index in [2.05, 4.69) is 52.8 Å². The molecule has 0 N–H and O–H groups in total. The molecule has 1 amide bonds. The van der Waals surface area contributed by atoms with Crippen LogP contribution in [0.2, 0.25) is 0 Å². The van der Waals surface area contributed by atoms with Crippen molar-refractivity contribution in [3.63, 3.8) is 0 Å². The summed E-state index contributed by atoms with van der Waals surface area (Å²) in [6, 6.07) is 8.72. The second-order valence-corrected chi connectivity index (χ2v) is 8.89. The highest BCUT2D eigenvalue weighted by molar-refractivity contribution is 5.94. The molecule has 1 atom stereocenters. The summed E-state index contributed by atoms with van der Waals surface area (Å²) < 4.78 is 2.31. The number of likely N-dealkylation sites (tertiary alicyclic amines) is 2. The van der Waals surface area contributed by atoms with Gasteiger partial charge >= 0.3 is 0 Å². The third-order valence-electron chi connectivity index (χ3n) is 6.94. The van der Waals surface area contributed by atoms with Crippen molar-refractivity contribution in [2.75, 3.05) is 26.2 Å². The Morgan fingerprint density at radius 1 is 1.09 bits per heavy atom. The van der Waals surface area contributed by atoms with Crippen LogP contribution in [0.5, 0.6) is 0 Å². The summed E-state index contributed by atoms with van der Waals surface area (Å²) in [5.41, 5.74) is 1.99. The molecule has 0 saturated carbocycles. The molecule has 1 aromatic carbocycles. The molecule has 2 fully saturated rings. The Bertz CT molecular complexity index is 1090. The van der Waals surface area contributed by atoms with Crippen LogP contribution in [0.3, 0.4) is 0 Å². The highest BCUT2D eigenvalue weighted by Crippen LogP contribution is 2.22. The Kier molecular flexibility index (Phi) is 7.81. The summed E-state index contributed by atoms with van der Waals surface area (Å²) in [5.74, 6) is 1.26. The minimum Gasteiger partial charge on any atom is -0.337 e. The van der Waals surface area contributed by atoms with Gasteiger partial charge in [-0.1, -0.05) is 44.2 Å². The van der Waals surface area contributed by atoms with Gasteiger partial charge in [-0.3, -0.25) is 9.69 Å². The summed E-state index contributed by atoms with van der Waals surface area (Å²) in [5, 5.41) is 2.27. The van der Waals surface area contributed by atoms with Crippen LogP contribution in [0.1, 0.15) is 68.2 Å². The first kappa shape index (κ1) is 23.5. The molecular formula is C28H38N4O. The topological polar surface area (TPSA) is 41.4 Å². The average Bonchev–Trinajstić information content (AvgIpc) is 3.58. The number of fused-ring (bicyclic) bond motifs is 1. The number of hydrogen-bond acceptors (Lipinski definition) is 3. The van der Waals surface area contributed by atoms with Crippen LogP contribution in [0.15, 0.2) is 36.4 Å². The highest BCUT2D eigenvalue weighted by Gasteiger charge is 2.31. The minimum absolute atomic E-state index is 0.172. The van der Waals surface area contributed by atoms with Crippen LogP contribution in [0.4, 0.5) is 0 Å². The molecule has 5 heteroatoms. The third-order valence-corrected chi connectivity index (χ3v) is 6.94. The molecule has 0 spiro atoms. The van der Waals surface area contributed by atoms with Gasteiger partial charge < -0.3 is 9.47 Å². The molecule has 2 aliphatic heterocycles. The van der Waals surface area contributed by atoms with Gasteiger partial charge in [0, 0.05) is 37.7 Å². The monoisotopic (exact) mass is 446 g/mol. The molecular weight excluding hydrogens is 408 g/mol. The summed E-state index contributed by atoms with van der Waals surface area (Å²) >= 11 is 0. The number of amides is 1. The predicted octanol–water partition coefficient (Wildman–Crippen LogP) is 3.35. The van der Waals surface area contributed by atoms with E-state index < -0.39 is 0 Å². The Balaban J connectivity index is 0.00000126. The number of benzene rings is 1. The fourth-order valence-corrected chi connectivity index (χ4v) is 5.24. The van der Waals surface area contributed by atoms with E-state index >= 15 is 0 Å². The lowest BCUT2D eigenvalue weighted by molar-refractivity contribution is 0.0780. The molecule has 0 radical (unpaired) electrons. The van der Waals surface area contributed by atoms with Gasteiger partial charge in [-0.15, -0.1) is 0 Å². The molecule has 5 nitrogen and oxygen atoms in total. The molecule has 1 unspecified atom stereocenters. The molecule has 3 heterocycles. The quantitative estimate of drug-likeness (QED) is 0.707. The van der Waals surface area contributed by atoms with Crippen molar-refractivity contribution in [2.45, 2.75) is 65.5 Å². The van der Waals surface area contributed by atoms with Crippen LogP contribution < -0.4 is 10.7 Å². The van der Waals surface area contributed by atoms with E-state index in [0.29, 0.717) is 6.04 Å². The lowest BCUT2D eigenvalue weighted by Crippen LogP contribution is -2.37. The fraction of sp³-hybridized carbons (Fsp3) is 0.500. The Morgan fingerprint density at radius 3 is 2.58 bits per heavy atom. The number of imidazole rings is 1. The number of carbonyl (C=O) groups is 1. The van der Waals surface area contributed by atoms with Crippen molar-refractivity contribution in [3.8, 4) is 0 Å². The standard InChI is InChI=1S/C26H32N4O.C2H6/c1-2-30-24-9-5-3-4-8-23(24)27-25(30)18-20-10-12-21(13-11-20)26(31)29-17-14-22(19-29)28-15-6-7-16-28;1-2/h3-4,8-13,22H,2,5-7,14-19H2,1H3;1-2H3. The zero-order valence-electron chi connectivity index (χ0n) is 20.5. The van der Waals surface area contributed by atoms with Crippen molar-refractivity contribution in [1.82, 2.24) is 19.4 Å². The second-order valence-electron chi connectivity index (χ2n) is 8.89. The first-order valence-corrected chi connectivity index (χ1v) is 12.8. The SMILES string of the molecule is CC.CCn1c(Cc2ccc(C(=O)N3CCC(N4CCCC4)C3)cc2)nc2c1=CCC=CC=2. The normalized spacial score (nSPS) is 19.8. The Hall–Kier alpha value is -2.66. The highest BCUT2D eigenvalue weighted by atomic mass is 16.2. The van der Waals surface area contributed by atoms with Crippen LogP contribution in [0.25, 0.3) is 12.2 Å². The number of allylic oxidation sites excluding steroid dienone is 2. The van der Waals surface area contributed by atoms with E-state index in [-0.39, 0.29) is 5.91 Å². The molecule has 176 valence electrons. The van der Waals surface area contributed by atoms with Crippen molar-refractivity contribution < 1.29 is 4.79 Å². The Labute approximate surface area is 198 Å². The molecule has 2 saturated heterocycles. The maximum Gasteiger partial charge on any atom is 0.253 e. The zero-order valence-corrected chi connectivity index (χ0v) is 20.5. The summed E-state index contributed by atoms with van der Waals surface area (Å²) in [6.07, 6.45) is 14.0. The molecule has 5 rings (SSSR count). The van der Waals surface area contributed by atoms with Crippen LogP contribution in [-0.2, 0) is 13.0 Å². The molecule has 2 aromatic rings. The average molecular weight is 447 g/mol. The fourth-order valence-electron chi connectivity index (χ4n) is 5.24. The van der Waals surface area contributed by atoms with E-state index in [4.69, 9.17) is 4.98 Å². The van der Waals surface area contributed by atoms with Crippen LogP contribution in [0, 0.1) is 0 Å². The number of nitrogens with zero attached hydrogens (tertiary/aromatic N) is 4. The van der Waals surface area contributed by atoms with Gasteiger partial charge in [0.25, 0.3) is 5.91 Å². The summed E-state index contributed by atoms with van der Waals surface area (Å²) in [6.45, 7) is 11.2. The van der Waals surface area contributed by atoms with E-state index in [1.807, 2.05) is 30.9 Å². The number of rotatable bonds is 5. The second kappa shape index (κ2) is 11.0. The summed E-state index contributed by atoms with van der Waals surface area (Å²) in [4.78, 5) is 22.5. The lowest BCUT2D eigenvalue weighted by atomic mass is 10.1. The van der Waals surface area contributed by atoms with Crippen LogP contribution >= 0.6 is 0 Å². The van der Waals surface area contributed by atoms with Crippen molar-refractivity contribution in [2.24, 2.45) is 0 Å². The predicted molar refractivity (Wildman–Crippen MR) is 136 cm³/mol. The van der Waals surface area contributed by atoms with E-state index in [0.717, 1.165) is 55.6 Å². The zero-order chi connectivity index (χ0) is 23.2. The smallest absolute Gasteiger partial charge is 0.253 e. The van der Waals surface area contributed by atoms with E-state index in [9.17, 15) is 4.79 Å². The van der Waals surface area contributed by atoms with Gasteiger partial charge in [0.1, 0.15) is 5.82 Å². The first-order chi connectivity index (χ1) is 16.2. The largest absolute Gasteiger partial charge is 0.337 e. The van der Waals surface area contributed by atoms with Gasteiger partial charge in [0.15, 0.2) is 0 Å². The molecule has 1 aliphatic carbocycles. The van der Waals surface area contributed by atoms with Gasteiger partial charge in [-0.25, -0.2) is 4.98 Å². The van der Waals surface area contributed by atoms with Gasteiger partial charge in [-0.2, -0.15) is 0 Å². The van der Waals surface area contributed by atoms with E-state index in [1.54, 1.807) is 0 Å². The van der Waals surface area contributed by atoms with Gasteiger partial charge in [0.2, 0.25) is 0 Å². The minimum atomic E-state index is 0.172. The number of aromatic nitrogens is 2. The summed E-state index contributed by atoms with van der Waals surface area (Å²) in [7, 11) is 0. The number of hydrogen-bond donors (Lipinski definition) is 0. The van der Waals surface area contributed by atoms with Crippen molar-refractivity contribution in [1.29, 1.82) is 0 Å². The third kappa shape index (κ3) is 5.14. The first-order valence-electron chi connectivity index (χ1n) is 12.8. The van der Waals surface area contributed by atoms with Crippen molar-refractivity contribution in [3.05, 3.63) is 64.1 Å². The molecule has 0 bridgehead atoms. The maximum atomic E-state index is 13.0. The van der Waals surface area contributed by atoms with Crippen LogP contribution in [-0.4, -0.2) is 57.5 Å².